The SMILES string of the molecule is CCC1COCCC(C(F)(F)F)(C(F)(F)F)OC1=O. The van der Waals surface area contributed by atoms with Crippen molar-refractivity contribution in [2.24, 2.45) is 5.92 Å². The van der Waals surface area contributed by atoms with E-state index < -0.39 is 42.9 Å². The molecule has 0 aromatic rings. The van der Waals surface area contributed by atoms with E-state index in [1.54, 1.807) is 0 Å². The van der Waals surface area contributed by atoms with Gasteiger partial charge in [-0.05, 0) is 6.42 Å². The zero-order valence-corrected chi connectivity index (χ0v) is 9.90. The molecule has 0 spiro atoms. The van der Waals surface area contributed by atoms with Gasteiger partial charge in [0, 0.05) is 6.42 Å². The highest BCUT2D eigenvalue weighted by atomic mass is 19.4. The molecule has 1 atom stereocenters. The van der Waals surface area contributed by atoms with E-state index in [1.165, 1.54) is 6.92 Å². The fraction of sp³-hybridized carbons (Fsp3) is 0.900. The van der Waals surface area contributed by atoms with Gasteiger partial charge in [0.2, 0.25) is 0 Å². The summed E-state index contributed by atoms with van der Waals surface area (Å²) < 4.78 is 85.1. The maximum absolute atomic E-state index is 12.8. The van der Waals surface area contributed by atoms with Crippen LogP contribution in [-0.4, -0.2) is 37.1 Å². The summed E-state index contributed by atoms with van der Waals surface area (Å²) in [5.74, 6) is -2.68. The van der Waals surface area contributed by atoms with Crippen molar-refractivity contribution in [3.8, 4) is 0 Å². The summed E-state index contributed by atoms with van der Waals surface area (Å²) in [6.45, 7) is 0.406. The molecule has 19 heavy (non-hydrogen) atoms. The highest BCUT2D eigenvalue weighted by molar-refractivity contribution is 5.73. The molecule has 0 aliphatic carbocycles. The van der Waals surface area contributed by atoms with Crippen LogP contribution in [0.25, 0.3) is 0 Å². The van der Waals surface area contributed by atoms with E-state index in [0.717, 1.165) is 0 Å². The van der Waals surface area contributed by atoms with Gasteiger partial charge in [-0.15, -0.1) is 0 Å². The molecule has 1 saturated heterocycles. The van der Waals surface area contributed by atoms with Gasteiger partial charge < -0.3 is 9.47 Å². The number of hydrogen-bond donors (Lipinski definition) is 0. The Bertz CT molecular complexity index is 321. The molecular weight excluding hydrogens is 282 g/mol. The number of ether oxygens (including phenoxy) is 2. The molecule has 0 bridgehead atoms. The fourth-order valence-electron chi connectivity index (χ4n) is 1.66. The van der Waals surface area contributed by atoms with Crippen molar-refractivity contribution in [2.45, 2.75) is 37.7 Å². The summed E-state index contributed by atoms with van der Waals surface area (Å²) in [5.41, 5.74) is -4.50. The largest absolute Gasteiger partial charge is 0.439 e. The third-order valence-electron chi connectivity index (χ3n) is 2.93. The normalized spacial score (nSPS) is 25.4. The molecule has 1 aliphatic heterocycles. The van der Waals surface area contributed by atoms with Gasteiger partial charge in [0.1, 0.15) is 0 Å². The summed E-state index contributed by atoms with van der Waals surface area (Å²) in [5, 5.41) is 0. The Balaban J connectivity index is 3.18. The van der Waals surface area contributed by atoms with Crippen LogP contribution in [0, 0.1) is 5.92 Å². The molecule has 1 rings (SSSR count). The minimum absolute atomic E-state index is 0.0324. The van der Waals surface area contributed by atoms with E-state index in [4.69, 9.17) is 4.74 Å². The van der Waals surface area contributed by atoms with Crippen LogP contribution in [0.15, 0.2) is 0 Å². The van der Waals surface area contributed by atoms with Gasteiger partial charge in [-0.3, -0.25) is 4.79 Å². The van der Waals surface area contributed by atoms with Crippen molar-refractivity contribution in [1.82, 2.24) is 0 Å². The minimum Gasteiger partial charge on any atom is -0.439 e. The van der Waals surface area contributed by atoms with Gasteiger partial charge in [0.25, 0.3) is 0 Å². The molecule has 1 fully saturated rings. The Morgan fingerprint density at radius 2 is 1.74 bits per heavy atom. The van der Waals surface area contributed by atoms with Crippen LogP contribution in [0.4, 0.5) is 26.3 Å². The Hall–Kier alpha value is -0.990. The van der Waals surface area contributed by atoms with E-state index in [2.05, 4.69) is 4.74 Å². The van der Waals surface area contributed by atoms with Gasteiger partial charge in [0.05, 0.1) is 19.1 Å². The standard InChI is InChI=1S/C10H12F6O3/c1-2-6-5-18-4-3-8(9(11,12)13,10(14,15)16)19-7(6)17/h6H,2-5H2,1H3. The first-order valence-electron chi connectivity index (χ1n) is 5.49. The Kier molecular flexibility index (Phi) is 4.38. The van der Waals surface area contributed by atoms with Gasteiger partial charge >= 0.3 is 23.9 Å². The van der Waals surface area contributed by atoms with Crippen LogP contribution < -0.4 is 0 Å². The van der Waals surface area contributed by atoms with Gasteiger partial charge in [-0.25, -0.2) is 0 Å². The van der Waals surface area contributed by atoms with E-state index in [9.17, 15) is 31.1 Å². The predicted octanol–water partition coefficient (Wildman–Crippen LogP) is 2.84. The van der Waals surface area contributed by atoms with Crippen LogP contribution in [0.5, 0.6) is 0 Å². The van der Waals surface area contributed by atoms with Crippen molar-refractivity contribution < 1.29 is 40.6 Å². The van der Waals surface area contributed by atoms with Crippen molar-refractivity contribution in [3.63, 3.8) is 0 Å². The van der Waals surface area contributed by atoms with Crippen LogP contribution in [0.2, 0.25) is 0 Å². The zero-order chi connectivity index (χ0) is 14.9. The monoisotopic (exact) mass is 294 g/mol. The number of rotatable bonds is 1. The Labute approximate surface area is 104 Å². The second kappa shape index (κ2) is 5.18. The first-order chi connectivity index (χ1) is 8.55. The number of carbonyl (C=O) groups is 1. The highest BCUT2D eigenvalue weighted by Gasteiger charge is 2.74. The van der Waals surface area contributed by atoms with E-state index in [-0.39, 0.29) is 13.0 Å². The van der Waals surface area contributed by atoms with Gasteiger partial charge in [0.15, 0.2) is 0 Å². The zero-order valence-electron chi connectivity index (χ0n) is 9.90. The number of cyclic esters (lactones) is 1. The lowest BCUT2D eigenvalue weighted by molar-refractivity contribution is -0.376. The number of hydrogen-bond acceptors (Lipinski definition) is 3. The second-order valence-electron chi connectivity index (χ2n) is 4.17. The quantitative estimate of drug-likeness (QED) is 0.551. The molecule has 1 heterocycles. The minimum atomic E-state index is -5.75. The van der Waals surface area contributed by atoms with Crippen LogP contribution >= 0.6 is 0 Å². The molecule has 112 valence electrons. The highest BCUT2D eigenvalue weighted by Crippen LogP contribution is 2.49. The number of alkyl halides is 6. The van der Waals surface area contributed by atoms with Crippen molar-refractivity contribution in [2.75, 3.05) is 13.2 Å². The van der Waals surface area contributed by atoms with E-state index in [1.807, 2.05) is 0 Å². The number of halogens is 6. The first kappa shape index (κ1) is 16.1. The topological polar surface area (TPSA) is 35.5 Å². The fourth-order valence-corrected chi connectivity index (χ4v) is 1.66. The average molecular weight is 294 g/mol. The van der Waals surface area contributed by atoms with Crippen molar-refractivity contribution >= 4 is 5.97 Å². The molecule has 0 amide bonds. The molecule has 9 heteroatoms. The molecule has 1 unspecified atom stereocenters. The Morgan fingerprint density at radius 1 is 1.21 bits per heavy atom. The smallest absolute Gasteiger partial charge is 0.437 e. The van der Waals surface area contributed by atoms with Gasteiger partial charge in [-0.1, -0.05) is 6.92 Å². The summed E-state index contributed by atoms with van der Waals surface area (Å²) in [6, 6.07) is 0. The maximum Gasteiger partial charge on any atom is 0.437 e. The van der Waals surface area contributed by atoms with Crippen LogP contribution in [0.1, 0.15) is 19.8 Å². The van der Waals surface area contributed by atoms with Crippen molar-refractivity contribution in [1.29, 1.82) is 0 Å². The van der Waals surface area contributed by atoms with Crippen LogP contribution in [-0.2, 0) is 14.3 Å². The second-order valence-corrected chi connectivity index (χ2v) is 4.17. The first-order valence-corrected chi connectivity index (χ1v) is 5.49. The van der Waals surface area contributed by atoms with Gasteiger partial charge in [-0.2, -0.15) is 26.3 Å². The lowest BCUT2D eigenvalue weighted by atomic mass is 9.96. The molecule has 1 aliphatic rings. The van der Waals surface area contributed by atoms with Crippen LogP contribution in [0.3, 0.4) is 0 Å². The Morgan fingerprint density at radius 3 is 2.16 bits per heavy atom. The average Bonchev–Trinajstić information content (AvgIpc) is 2.20. The third-order valence-corrected chi connectivity index (χ3v) is 2.93. The maximum atomic E-state index is 12.8. The lowest BCUT2D eigenvalue weighted by Crippen LogP contribution is -2.61. The van der Waals surface area contributed by atoms with E-state index >= 15 is 0 Å². The number of carbonyl (C=O) groups excluding carboxylic acids is 1. The third kappa shape index (κ3) is 2.96. The number of esters is 1. The summed E-state index contributed by atoms with van der Waals surface area (Å²) in [7, 11) is 0. The van der Waals surface area contributed by atoms with E-state index in [0.29, 0.717) is 0 Å². The predicted molar refractivity (Wildman–Crippen MR) is 50.2 cm³/mol. The molecule has 0 saturated carbocycles. The molecular formula is C10H12F6O3. The molecule has 0 aromatic heterocycles. The molecule has 3 nitrogen and oxygen atoms in total. The summed E-state index contributed by atoms with van der Waals surface area (Å²) >= 11 is 0. The molecule has 0 aromatic carbocycles. The molecule has 0 radical (unpaired) electrons. The van der Waals surface area contributed by atoms with Crippen molar-refractivity contribution in [3.05, 3.63) is 0 Å². The summed E-state index contributed by atoms with van der Waals surface area (Å²) in [4.78, 5) is 11.4. The summed E-state index contributed by atoms with van der Waals surface area (Å²) in [6.07, 6.45) is -13.0. The lowest BCUT2D eigenvalue weighted by Gasteiger charge is -2.38. The molecule has 0 N–H and O–H groups in total.